The van der Waals surface area contributed by atoms with Crippen molar-refractivity contribution in [2.75, 3.05) is 5.73 Å². The Hall–Kier alpha value is -2.80. The minimum atomic E-state index is 0.456. The van der Waals surface area contributed by atoms with Crippen LogP contribution in [0.5, 0.6) is 0 Å². The van der Waals surface area contributed by atoms with Crippen LogP contribution < -0.4 is 5.73 Å². The Morgan fingerprint density at radius 2 is 1.82 bits per heavy atom. The van der Waals surface area contributed by atoms with Crippen LogP contribution >= 0.6 is 0 Å². The molecule has 2 N–H and O–H groups in total. The summed E-state index contributed by atoms with van der Waals surface area (Å²) in [5.74, 6) is 0. The molecule has 28 heavy (non-hydrogen) atoms. The molecule has 4 nitrogen and oxygen atoms in total. The van der Waals surface area contributed by atoms with Crippen LogP contribution in [-0.4, -0.2) is 9.55 Å². The van der Waals surface area contributed by atoms with Crippen molar-refractivity contribution in [2.24, 2.45) is 0 Å². The van der Waals surface area contributed by atoms with E-state index in [9.17, 15) is 5.26 Å². The maximum atomic E-state index is 9.58. The number of rotatable bonds is 7. The summed E-state index contributed by atoms with van der Waals surface area (Å²) in [7, 11) is 0. The van der Waals surface area contributed by atoms with Crippen LogP contribution in [0.25, 0.3) is 22.0 Å². The van der Waals surface area contributed by atoms with Gasteiger partial charge in [-0.2, -0.15) is 5.26 Å². The molecule has 0 amide bonds. The molecule has 0 saturated heterocycles. The van der Waals surface area contributed by atoms with Gasteiger partial charge in [0.05, 0.1) is 23.5 Å². The van der Waals surface area contributed by atoms with Gasteiger partial charge < -0.3 is 10.3 Å². The average molecular weight is 375 g/mol. The van der Waals surface area contributed by atoms with Crippen LogP contribution in [0.1, 0.15) is 69.2 Å². The molecule has 146 valence electrons. The molecule has 0 radical (unpaired) electrons. The summed E-state index contributed by atoms with van der Waals surface area (Å²) in [4.78, 5) is 4.36. The SMILES string of the molecule is CCCC(CCC)n1cc(-c2cncc(N)c2CC)c2cc(C#N)c(C)cc21. The molecule has 0 aliphatic heterocycles. The average Bonchev–Trinajstić information content (AvgIpc) is 3.04. The number of pyridine rings is 1. The second-order valence-corrected chi connectivity index (χ2v) is 7.59. The zero-order valence-corrected chi connectivity index (χ0v) is 17.4. The van der Waals surface area contributed by atoms with Crippen LogP contribution in [0.4, 0.5) is 5.69 Å². The van der Waals surface area contributed by atoms with Crippen molar-refractivity contribution in [2.45, 2.75) is 65.8 Å². The number of nitriles is 1. The van der Waals surface area contributed by atoms with Crippen molar-refractivity contribution in [3.05, 3.63) is 47.4 Å². The van der Waals surface area contributed by atoms with Crippen LogP contribution in [0.15, 0.2) is 30.7 Å². The van der Waals surface area contributed by atoms with Crippen LogP contribution in [-0.2, 0) is 6.42 Å². The van der Waals surface area contributed by atoms with Crippen LogP contribution in [0.3, 0.4) is 0 Å². The van der Waals surface area contributed by atoms with Crippen molar-refractivity contribution in [3.63, 3.8) is 0 Å². The number of fused-ring (bicyclic) bond motifs is 1. The zero-order valence-electron chi connectivity index (χ0n) is 17.4. The van der Waals surface area contributed by atoms with Crippen molar-refractivity contribution in [3.8, 4) is 17.2 Å². The molecule has 0 bridgehead atoms. The highest BCUT2D eigenvalue weighted by atomic mass is 15.0. The Balaban J connectivity index is 2.35. The quantitative estimate of drug-likeness (QED) is 0.538. The summed E-state index contributed by atoms with van der Waals surface area (Å²) in [5, 5.41) is 10.7. The predicted molar refractivity (Wildman–Crippen MR) is 117 cm³/mol. The Labute approximate surface area is 168 Å². The molecule has 1 aromatic carbocycles. The number of nitrogens with zero attached hydrogens (tertiary/aromatic N) is 3. The third kappa shape index (κ3) is 3.49. The van der Waals surface area contributed by atoms with Crippen molar-refractivity contribution >= 4 is 16.6 Å². The Kier molecular flexibility index (Phi) is 6.04. The van der Waals surface area contributed by atoms with E-state index in [2.05, 4.69) is 48.7 Å². The van der Waals surface area contributed by atoms with Crippen LogP contribution in [0, 0.1) is 18.3 Å². The Morgan fingerprint density at radius 3 is 2.43 bits per heavy atom. The number of hydrogen-bond acceptors (Lipinski definition) is 3. The highest BCUT2D eigenvalue weighted by Crippen LogP contribution is 2.38. The summed E-state index contributed by atoms with van der Waals surface area (Å²) in [6.45, 7) is 8.62. The largest absolute Gasteiger partial charge is 0.397 e. The molecular weight excluding hydrogens is 344 g/mol. The van der Waals surface area contributed by atoms with Gasteiger partial charge in [-0.1, -0.05) is 33.6 Å². The lowest BCUT2D eigenvalue weighted by atomic mass is 9.97. The van der Waals surface area contributed by atoms with Gasteiger partial charge in [-0.25, -0.2) is 0 Å². The fourth-order valence-corrected chi connectivity index (χ4v) is 4.26. The van der Waals surface area contributed by atoms with Crippen molar-refractivity contribution in [1.82, 2.24) is 9.55 Å². The molecule has 2 heterocycles. The van der Waals surface area contributed by atoms with E-state index in [4.69, 9.17) is 5.73 Å². The Morgan fingerprint density at radius 1 is 1.11 bits per heavy atom. The van der Waals surface area contributed by atoms with Crippen LogP contribution in [0.2, 0.25) is 0 Å². The lowest BCUT2D eigenvalue weighted by Gasteiger charge is -2.19. The van der Waals surface area contributed by atoms with E-state index in [0.29, 0.717) is 6.04 Å². The number of aromatic nitrogens is 2. The van der Waals surface area contributed by atoms with E-state index in [0.717, 1.165) is 71.0 Å². The maximum Gasteiger partial charge on any atom is 0.0994 e. The topological polar surface area (TPSA) is 67.6 Å². The van der Waals surface area contributed by atoms with E-state index >= 15 is 0 Å². The van der Waals surface area contributed by atoms with Gasteiger partial charge in [-0.05, 0) is 49.4 Å². The number of aryl methyl sites for hydroxylation is 1. The third-order valence-corrected chi connectivity index (χ3v) is 5.67. The highest BCUT2D eigenvalue weighted by Gasteiger charge is 2.20. The molecule has 3 aromatic rings. The minimum absolute atomic E-state index is 0.456. The molecule has 3 rings (SSSR count). The maximum absolute atomic E-state index is 9.58. The molecular formula is C24H30N4. The van der Waals surface area contributed by atoms with Crippen molar-refractivity contribution < 1.29 is 0 Å². The van der Waals surface area contributed by atoms with E-state index in [1.807, 2.05) is 19.2 Å². The van der Waals surface area contributed by atoms with Gasteiger partial charge in [0.25, 0.3) is 0 Å². The van der Waals surface area contributed by atoms with Gasteiger partial charge in [0, 0.05) is 40.5 Å². The lowest BCUT2D eigenvalue weighted by Crippen LogP contribution is -2.07. The molecule has 0 fully saturated rings. The van der Waals surface area contributed by atoms with Gasteiger partial charge in [0.15, 0.2) is 0 Å². The first-order chi connectivity index (χ1) is 13.5. The first-order valence-corrected chi connectivity index (χ1v) is 10.3. The predicted octanol–water partition coefficient (Wildman–Crippen LogP) is 6.17. The van der Waals surface area contributed by atoms with E-state index < -0.39 is 0 Å². The van der Waals surface area contributed by atoms with Gasteiger partial charge in [0.1, 0.15) is 0 Å². The number of hydrogen-bond donors (Lipinski definition) is 1. The molecule has 0 aliphatic rings. The smallest absolute Gasteiger partial charge is 0.0994 e. The van der Waals surface area contributed by atoms with E-state index in [1.54, 1.807) is 6.20 Å². The summed E-state index contributed by atoms with van der Waals surface area (Å²) < 4.78 is 2.43. The van der Waals surface area contributed by atoms with Crippen molar-refractivity contribution in [1.29, 1.82) is 5.26 Å². The van der Waals surface area contributed by atoms with Gasteiger partial charge >= 0.3 is 0 Å². The lowest BCUT2D eigenvalue weighted by molar-refractivity contribution is 0.438. The molecule has 2 aromatic heterocycles. The summed E-state index contributed by atoms with van der Waals surface area (Å²) in [6.07, 6.45) is 11.3. The normalized spacial score (nSPS) is 11.3. The fourth-order valence-electron chi connectivity index (χ4n) is 4.26. The molecule has 0 unspecified atom stereocenters. The molecule has 0 saturated carbocycles. The van der Waals surface area contributed by atoms with E-state index in [1.165, 1.54) is 5.52 Å². The number of anilines is 1. The van der Waals surface area contributed by atoms with Gasteiger partial charge in [-0.3, -0.25) is 4.98 Å². The second-order valence-electron chi connectivity index (χ2n) is 7.59. The zero-order chi connectivity index (χ0) is 20.3. The minimum Gasteiger partial charge on any atom is -0.397 e. The second kappa shape index (κ2) is 8.48. The first kappa shape index (κ1) is 19.9. The fraction of sp³-hybridized carbons (Fsp3) is 0.417. The number of benzene rings is 1. The standard InChI is InChI=1S/C24H30N4/c1-5-8-18(9-6-2)28-15-22(21-13-27-14-23(26)19(21)7-3)20-11-17(12-25)16(4)10-24(20)28/h10-11,13-15,18H,5-9,26H2,1-4H3. The summed E-state index contributed by atoms with van der Waals surface area (Å²) >= 11 is 0. The van der Waals surface area contributed by atoms with Gasteiger partial charge in [0.2, 0.25) is 0 Å². The monoisotopic (exact) mass is 374 g/mol. The summed E-state index contributed by atoms with van der Waals surface area (Å²) in [5.41, 5.74) is 13.2. The number of nitrogen functional groups attached to an aromatic ring is 1. The first-order valence-electron chi connectivity index (χ1n) is 10.3. The molecule has 4 heteroatoms. The Bertz CT molecular complexity index is 1020. The van der Waals surface area contributed by atoms with E-state index in [-0.39, 0.29) is 0 Å². The molecule has 0 spiro atoms. The highest BCUT2D eigenvalue weighted by molar-refractivity contribution is 5.98. The molecule has 0 aliphatic carbocycles. The summed E-state index contributed by atoms with van der Waals surface area (Å²) in [6, 6.07) is 7.00. The van der Waals surface area contributed by atoms with Gasteiger partial charge in [-0.15, -0.1) is 0 Å². The molecule has 0 atom stereocenters. The number of nitrogens with two attached hydrogens (primary N) is 1. The third-order valence-electron chi connectivity index (χ3n) is 5.67.